The van der Waals surface area contributed by atoms with Gasteiger partial charge in [-0.1, -0.05) is 17.7 Å². The molecule has 1 aliphatic heterocycles. The van der Waals surface area contributed by atoms with Crippen LogP contribution in [0.5, 0.6) is 0 Å². The molecule has 1 saturated heterocycles. The molecule has 1 aromatic carbocycles. The first-order valence-corrected chi connectivity index (χ1v) is 7.69. The van der Waals surface area contributed by atoms with Crippen molar-refractivity contribution in [1.82, 2.24) is 5.32 Å². The molecule has 0 amide bonds. The molecule has 0 saturated carbocycles. The van der Waals surface area contributed by atoms with Crippen LogP contribution >= 0.6 is 0 Å². The van der Waals surface area contributed by atoms with Crippen LogP contribution in [0.15, 0.2) is 18.2 Å². The zero-order valence-electron chi connectivity index (χ0n) is 13.7. The largest absolute Gasteiger partial charge is 0.383 e. The van der Waals surface area contributed by atoms with Crippen LogP contribution in [0.3, 0.4) is 0 Å². The van der Waals surface area contributed by atoms with E-state index in [9.17, 15) is 0 Å². The van der Waals surface area contributed by atoms with Gasteiger partial charge in [0.05, 0.1) is 25.4 Å². The van der Waals surface area contributed by atoms with Gasteiger partial charge in [-0.25, -0.2) is 0 Å². The van der Waals surface area contributed by atoms with Crippen molar-refractivity contribution in [3.05, 3.63) is 29.3 Å². The molecule has 0 spiro atoms. The fourth-order valence-electron chi connectivity index (χ4n) is 2.82. The summed E-state index contributed by atoms with van der Waals surface area (Å²) in [5, 5.41) is 3.45. The van der Waals surface area contributed by atoms with Gasteiger partial charge < -0.3 is 19.7 Å². The molecule has 1 heterocycles. The molecule has 0 radical (unpaired) electrons. The van der Waals surface area contributed by atoms with E-state index in [0.717, 1.165) is 39.5 Å². The zero-order chi connectivity index (χ0) is 15.3. The highest BCUT2D eigenvalue weighted by molar-refractivity contribution is 5.57. The Hall–Kier alpha value is -1.10. The smallest absolute Gasteiger partial charge is 0.0694 e. The second-order valence-corrected chi connectivity index (χ2v) is 6.32. The number of methoxy groups -OCH3 is 1. The molecule has 1 fully saturated rings. The number of nitrogens with zero attached hydrogens (tertiary/aromatic N) is 1. The van der Waals surface area contributed by atoms with E-state index in [0.29, 0.717) is 0 Å². The Bertz CT molecular complexity index is 460. The molecule has 2 rings (SSSR count). The summed E-state index contributed by atoms with van der Waals surface area (Å²) in [6.07, 6.45) is 0. The predicted molar refractivity (Wildman–Crippen MR) is 87.0 cm³/mol. The molecule has 0 atom stereocenters. The minimum Gasteiger partial charge on any atom is -0.383 e. The first-order valence-electron chi connectivity index (χ1n) is 7.69. The van der Waals surface area contributed by atoms with Gasteiger partial charge >= 0.3 is 0 Å². The van der Waals surface area contributed by atoms with Crippen LogP contribution in [0, 0.1) is 6.92 Å². The molecule has 4 nitrogen and oxygen atoms in total. The second-order valence-electron chi connectivity index (χ2n) is 6.32. The Morgan fingerprint density at radius 2 is 2.19 bits per heavy atom. The normalized spacial score (nSPS) is 18.0. The van der Waals surface area contributed by atoms with E-state index in [4.69, 9.17) is 9.47 Å². The summed E-state index contributed by atoms with van der Waals surface area (Å²) in [4.78, 5) is 2.48. The molecule has 118 valence electrons. The van der Waals surface area contributed by atoms with Gasteiger partial charge in [0.1, 0.15) is 0 Å². The Labute approximate surface area is 128 Å². The predicted octanol–water partition coefficient (Wildman–Crippen LogP) is 2.35. The van der Waals surface area contributed by atoms with Gasteiger partial charge in [-0.15, -0.1) is 0 Å². The molecule has 1 aliphatic rings. The number of nitrogens with one attached hydrogen (secondary N) is 1. The van der Waals surface area contributed by atoms with E-state index in [2.05, 4.69) is 49.2 Å². The highest BCUT2D eigenvalue weighted by Gasteiger charge is 2.31. The molecule has 0 aliphatic carbocycles. The molecule has 1 N–H and O–H groups in total. The van der Waals surface area contributed by atoms with Crippen molar-refractivity contribution >= 4 is 5.69 Å². The van der Waals surface area contributed by atoms with Crippen LogP contribution in [-0.4, -0.2) is 45.6 Å². The lowest BCUT2D eigenvalue weighted by molar-refractivity contribution is 0.0643. The third-order valence-electron chi connectivity index (χ3n) is 3.97. The SMILES string of the molecule is COCCNCc1cc(C)ccc1N1CCOCC1(C)C. The van der Waals surface area contributed by atoms with Gasteiger partial charge in [-0.3, -0.25) is 0 Å². The van der Waals surface area contributed by atoms with Crippen LogP contribution in [0.25, 0.3) is 0 Å². The second kappa shape index (κ2) is 7.25. The molecular weight excluding hydrogens is 264 g/mol. The number of hydrogen-bond donors (Lipinski definition) is 1. The number of anilines is 1. The van der Waals surface area contributed by atoms with Crippen LogP contribution in [0.2, 0.25) is 0 Å². The van der Waals surface area contributed by atoms with Crippen molar-refractivity contribution in [1.29, 1.82) is 0 Å². The maximum absolute atomic E-state index is 5.64. The first kappa shape index (κ1) is 16.3. The van der Waals surface area contributed by atoms with E-state index in [1.165, 1.54) is 16.8 Å². The van der Waals surface area contributed by atoms with Gasteiger partial charge in [0.2, 0.25) is 0 Å². The summed E-state index contributed by atoms with van der Waals surface area (Å²) in [6.45, 7) is 11.6. The molecule has 0 unspecified atom stereocenters. The number of benzene rings is 1. The van der Waals surface area contributed by atoms with E-state index < -0.39 is 0 Å². The minimum atomic E-state index is 0.0365. The Morgan fingerprint density at radius 3 is 2.90 bits per heavy atom. The van der Waals surface area contributed by atoms with Crippen molar-refractivity contribution < 1.29 is 9.47 Å². The summed E-state index contributed by atoms with van der Waals surface area (Å²) in [6, 6.07) is 6.72. The van der Waals surface area contributed by atoms with Crippen LogP contribution in [-0.2, 0) is 16.0 Å². The van der Waals surface area contributed by atoms with Gasteiger partial charge in [0.15, 0.2) is 0 Å². The minimum absolute atomic E-state index is 0.0365. The van der Waals surface area contributed by atoms with E-state index in [1.54, 1.807) is 7.11 Å². The standard InChI is InChI=1S/C17H28N2O2/c1-14-5-6-16(15(11-14)12-18-7-9-20-4)19-8-10-21-13-17(19,2)3/h5-6,11,18H,7-10,12-13H2,1-4H3. The molecule has 4 heteroatoms. The molecule has 1 aromatic rings. The van der Waals surface area contributed by atoms with Gasteiger partial charge in [-0.2, -0.15) is 0 Å². The van der Waals surface area contributed by atoms with Crippen molar-refractivity contribution in [3.63, 3.8) is 0 Å². The number of hydrogen-bond acceptors (Lipinski definition) is 4. The van der Waals surface area contributed by atoms with Crippen molar-refractivity contribution in [2.24, 2.45) is 0 Å². The van der Waals surface area contributed by atoms with E-state index in [1.807, 2.05) is 0 Å². The highest BCUT2D eigenvalue weighted by atomic mass is 16.5. The van der Waals surface area contributed by atoms with Gasteiger partial charge in [-0.05, 0) is 32.4 Å². The third-order valence-corrected chi connectivity index (χ3v) is 3.97. The topological polar surface area (TPSA) is 33.7 Å². The Morgan fingerprint density at radius 1 is 1.38 bits per heavy atom. The van der Waals surface area contributed by atoms with Crippen LogP contribution < -0.4 is 10.2 Å². The maximum Gasteiger partial charge on any atom is 0.0694 e. The lowest BCUT2D eigenvalue weighted by atomic mass is 9.98. The van der Waals surface area contributed by atoms with Crippen molar-refractivity contribution in [2.45, 2.75) is 32.9 Å². The van der Waals surface area contributed by atoms with E-state index in [-0.39, 0.29) is 5.54 Å². The van der Waals surface area contributed by atoms with Crippen molar-refractivity contribution in [2.75, 3.05) is 44.9 Å². The third kappa shape index (κ3) is 4.19. The number of rotatable bonds is 6. The number of ether oxygens (including phenoxy) is 2. The van der Waals surface area contributed by atoms with E-state index >= 15 is 0 Å². The number of aryl methyl sites for hydroxylation is 1. The fourth-order valence-corrected chi connectivity index (χ4v) is 2.82. The first-order chi connectivity index (χ1) is 10.0. The molecule has 21 heavy (non-hydrogen) atoms. The molecule has 0 bridgehead atoms. The van der Waals surface area contributed by atoms with Gasteiger partial charge in [0, 0.05) is 32.4 Å². The fraction of sp³-hybridized carbons (Fsp3) is 0.647. The van der Waals surface area contributed by atoms with Crippen molar-refractivity contribution in [3.8, 4) is 0 Å². The number of morpholine rings is 1. The average molecular weight is 292 g/mol. The lowest BCUT2D eigenvalue weighted by Crippen LogP contribution is -2.53. The zero-order valence-corrected chi connectivity index (χ0v) is 13.7. The Balaban J connectivity index is 2.17. The molecule has 0 aromatic heterocycles. The summed E-state index contributed by atoms with van der Waals surface area (Å²) in [7, 11) is 1.73. The van der Waals surface area contributed by atoms with Crippen LogP contribution in [0.1, 0.15) is 25.0 Å². The maximum atomic E-state index is 5.64. The molecular formula is C17H28N2O2. The van der Waals surface area contributed by atoms with Gasteiger partial charge in [0.25, 0.3) is 0 Å². The monoisotopic (exact) mass is 292 g/mol. The average Bonchev–Trinajstić information content (AvgIpc) is 2.44. The quantitative estimate of drug-likeness (QED) is 0.816. The summed E-state index contributed by atoms with van der Waals surface area (Å²) < 4.78 is 10.7. The summed E-state index contributed by atoms with van der Waals surface area (Å²) in [5.41, 5.74) is 4.00. The highest BCUT2D eigenvalue weighted by Crippen LogP contribution is 2.30. The summed E-state index contributed by atoms with van der Waals surface area (Å²) in [5.74, 6) is 0. The summed E-state index contributed by atoms with van der Waals surface area (Å²) >= 11 is 0. The Kier molecular flexibility index (Phi) is 5.62. The van der Waals surface area contributed by atoms with Crippen LogP contribution in [0.4, 0.5) is 5.69 Å². The lowest BCUT2D eigenvalue weighted by Gasteiger charge is -2.44.